The molecular weight excluding hydrogens is 280 g/mol. The van der Waals surface area contributed by atoms with Crippen LogP contribution in [0.15, 0.2) is 48.5 Å². The molecule has 0 aliphatic carbocycles. The molecule has 0 saturated carbocycles. The summed E-state index contributed by atoms with van der Waals surface area (Å²) >= 11 is 0. The molecule has 116 valence electrons. The van der Waals surface area contributed by atoms with Crippen LogP contribution in [0.3, 0.4) is 0 Å². The first-order valence-electron chi connectivity index (χ1n) is 6.98. The van der Waals surface area contributed by atoms with Gasteiger partial charge in [-0.1, -0.05) is 18.2 Å². The second-order valence-electron chi connectivity index (χ2n) is 4.79. The van der Waals surface area contributed by atoms with Crippen LogP contribution in [-0.2, 0) is 4.79 Å². The molecule has 0 unspecified atom stereocenters. The van der Waals surface area contributed by atoms with Crippen molar-refractivity contribution in [2.24, 2.45) is 0 Å². The maximum Gasteiger partial charge on any atom is 0.246 e. The molecule has 2 aromatic rings. The Kier molecular flexibility index (Phi) is 5.25. The molecule has 0 saturated heterocycles. The number of carbonyl (C=O) groups is 1. The molecule has 0 aromatic heterocycles. The first-order valence-corrected chi connectivity index (χ1v) is 6.98. The highest BCUT2D eigenvalue weighted by atomic mass is 16.5. The lowest BCUT2D eigenvalue weighted by atomic mass is 10.2. The normalized spacial score (nSPS) is 11.4. The number of hydrogen-bond acceptors (Lipinski definition) is 4. The first-order chi connectivity index (χ1) is 10.6. The Balaban J connectivity index is 2.05. The van der Waals surface area contributed by atoms with Gasteiger partial charge in [0.2, 0.25) is 5.91 Å². The van der Waals surface area contributed by atoms with Gasteiger partial charge in [-0.3, -0.25) is 4.79 Å². The monoisotopic (exact) mass is 300 g/mol. The van der Waals surface area contributed by atoms with Gasteiger partial charge in [-0.15, -0.1) is 0 Å². The molecule has 2 N–H and O–H groups in total. The van der Waals surface area contributed by atoms with E-state index in [-0.39, 0.29) is 5.91 Å². The van der Waals surface area contributed by atoms with Crippen LogP contribution in [0.4, 0.5) is 11.4 Å². The third kappa shape index (κ3) is 3.91. The van der Waals surface area contributed by atoms with E-state index in [0.717, 1.165) is 11.4 Å². The van der Waals surface area contributed by atoms with Crippen molar-refractivity contribution in [2.45, 2.75) is 13.0 Å². The minimum atomic E-state index is -0.414. The Morgan fingerprint density at radius 1 is 1.05 bits per heavy atom. The van der Waals surface area contributed by atoms with Crippen LogP contribution in [-0.4, -0.2) is 26.2 Å². The molecule has 0 aliphatic rings. The van der Waals surface area contributed by atoms with Crippen LogP contribution < -0.4 is 20.1 Å². The van der Waals surface area contributed by atoms with E-state index in [4.69, 9.17) is 9.47 Å². The van der Waals surface area contributed by atoms with E-state index in [2.05, 4.69) is 10.6 Å². The summed E-state index contributed by atoms with van der Waals surface area (Å²) in [5, 5.41) is 6.00. The number of carbonyl (C=O) groups excluding carboxylic acids is 1. The third-order valence-corrected chi connectivity index (χ3v) is 3.22. The summed E-state index contributed by atoms with van der Waals surface area (Å²) in [6, 6.07) is 14.3. The summed E-state index contributed by atoms with van der Waals surface area (Å²) in [5.74, 6) is 1.20. The molecule has 2 rings (SSSR count). The molecule has 5 heteroatoms. The molecule has 0 fully saturated rings. The van der Waals surface area contributed by atoms with Crippen LogP contribution in [0.5, 0.6) is 11.5 Å². The largest absolute Gasteiger partial charge is 0.497 e. The average Bonchev–Trinajstić information content (AvgIpc) is 2.56. The summed E-state index contributed by atoms with van der Waals surface area (Å²) in [6.07, 6.45) is 0. The van der Waals surface area contributed by atoms with Crippen molar-refractivity contribution < 1.29 is 14.3 Å². The van der Waals surface area contributed by atoms with Crippen molar-refractivity contribution in [1.82, 2.24) is 0 Å². The maximum absolute atomic E-state index is 12.2. The Morgan fingerprint density at radius 3 is 2.41 bits per heavy atom. The predicted molar refractivity (Wildman–Crippen MR) is 87.7 cm³/mol. The van der Waals surface area contributed by atoms with Gasteiger partial charge in [-0.25, -0.2) is 0 Å². The number of anilines is 2. The van der Waals surface area contributed by atoms with E-state index < -0.39 is 6.04 Å². The maximum atomic E-state index is 12.2. The molecule has 0 aliphatic heterocycles. The second kappa shape index (κ2) is 7.36. The summed E-state index contributed by atoms with van der Waals surface area (Å²) in [4.78, 5) is 12.2. The molecule has 22 heavy (non-hydrogen) atoms. The average molecular weight is 300 g/mol. The van der Waals surface area contributed by atoms with Crippen molar-refractivity contribution in [3.63, 3.8) is 0 Å². The van der Waals surface area contributed by atoms with Gasteiger partial charge in [0.15, 0.2) is 0 Å². The van der Waals surface area contributed by atoms with E-state index in [1.54, 1.807) is 27.2 Å². The molecule has 2 aromatic carbocycles. The van der Waals surface area contributed by atoms with Gasteiger partial charge in [0, 0.05) is 11.8 Å². The Labute approximate surface area is 130 Å². The number of para-hydroxylation sites is 1. The fraction of sp³-hybridized carbons (Fsp3) is 0.235. The van der Waals surface area contributed by atoms with E-state index in [1.807, 2.05) is 42.5 Å². The minimum Gasteiger partial charge on any atom is -0.497 e. The number of hydrogen-bond donors (Lipinski definition) is 2. The van der Waals surface area contributed by atoms with Gasteiger partial charge in [0.25, 0.3) is 0 Å². The zero-order valence-corrected chi connectivity index (χ0v) is 12.9. The van der Waals surface area contributed by atoms with Gasteiger partial charge < -0.3 is 20.1 Å². The SMILES string of the molecule is COc1ccc(N[C@@H](C)C(=O)Nc2ccccc2)c(OC)c1. The second-order valence-corrected chi connectivity index (χ2v) is 4.79. The van der Waals surface area contributed by atoms with Crippen molar-refractivity contribution in [2.75, 3.05) is 24.9 Å². The molecule has 1 atom stereocenters. The molecule has 5 nitrogen and oxygen atoms in total. The van der Waals surface area contributed by atoms with E-state index in [9.17, 15) is 4.79 Å². The van der Waals surface area contributed by atoms with Gasteiger partial charge in [-0.05, 0) is 31.2 Å². The van der Waals surface area contributed by atoms with Crippen LogP contribution in [0.1, 0.15) is 6.92 Å². The van der Waals surface area contributed by atoms with Gasteiger partial charge in [0.05, 0.1) is 19.9 Å². The fourth-order valence-corrected chi connectivity index (χ4v) is 1.99. The lowest BCUT2D eigenvalue weighted by molar-refractivity contribution is -0.116. The van der Waals surface area contributed by atoms with Gasteiger partial charge in [-0.2, -0.15) is 0 Å². The highest BCUT2D eigenvalue weighted by Gasteiger charge is 2.15. The van der Waals surface area contributed by atoms with Crippen molar-refractivity contribution in [3.05, 3.63) is 48.5 Å². The minimum absolute atomic E-state index is 0.121. The zero-order chi connectivity index (χ0) is 15.9. The van der Waals surface area contributed by atoms with E-state index in [1.165, 1.54) is 0 Å². The smallest absolute Gasteiger partial charge is 0.246 e. The molecule has 0 radical (unpaired) electrons. The number of ether oxygens (including phenoxy) is 2. The van der Waals surface area contributed by atoms with E-state index >= 15 is 0 Å². The number of rotatable bonds is 6. The van der Waals surface area contributed by atoms with Gasteiger partial charge in [0.1, 0.15) is 17.5 Å². The highest BCUT2D eigenvalue weighted by molar-refractivity contribution is 5.96. The standard InChI is InChI=1S/C17H20N2O3/c1-12(17(20)19-13-7-5-4-6-8-13)18-15-10-9-14(21-2)11-16(15)22-3/h4-12,18H,1-3H3,(H,19,20)/t12-/m0/s1. The van der Waals surface area contributed by atoms with Crippen LogP contribution in [0, 0.1) is 0 Å². The topological polar surface area (TPSA) is 59.6 Å². The van der Waals surface area contributed by atoms with Gasteiger partial charge >= 0.3 is 0 Å². The number of methoxy groups -OCH3 is 2. The van der Waals surface area contributed by atoms with Crippen molar-refractivity contribution in [3.8, 4) is 11.5 Å². The molecular formula is C17H20N2O3. The zero-order valence-electron chi connectivity index (χ0n) is 12.9. The fourth-order valence-electron chi connectivity index (χ4n) is 1.99. The lowest BCUT2D eigenvalue weighted by Crippen LogP contribution is -2.31. The van der Waals surface area contributed by atoms with Crippen LogP contribution in [0.25, 0.3) is 0 Å². The van der Waals surface area contributed by atoms with Crippen LogP contribution >= 0.6 is 0 Å². The summed E-state index contributed by atoms with van der Waals surface area (Å²) in [5.41, 5.74) is 1.50. The summed E-state index contributed by atoms with van der Waals surface area (Å²) in [7, 11) is 3.17. The Morgan fingerprint density at radius 2 is 1.77 bits per heavy atom. The predicted octanol–water partition coefficient (Wildman–Crippen LogP) is 3.14. The van der Waals surface area contributed by atoms with Crippen LogP contribution in [0.2, 0.25) is 0 Å². The van der Waals surface area contributed by atoms with Crippen molar-refractivity contribution in [1.29, 1.82) is 0 Å². The summed E-state index contributed by atoms with van der Waals surface area (Å²) < 4.78 is 10.5. The third-order valence-electron chi connectivity index (χ3n) is 3.22. The highest BCUT2D eigenvalue weighted by Crippen LogP contribution is 2.29. The molecule has 0 spiro atoms. The molecule has 1 amide bonds. The molecule has 0 heterocycles. The number of nitrogens with one attached hydrogen (secondary N) is 2. The first kappa shape index (κ1) is 15.7. The number of benzene rings is 2. The number of amides is 1. The summed E-state index contributed by atoms with van der Waals surface area (Å²) in [6.45, 7) is 1.79. The quantitative estimate of drug-likeness (QED) is 0.860. The van der Waals surface area contributed by atoms with Crippen molar-refractivity contribution >= 4 is 17.3 Å². The lowest BCUT2D eigenvalue weighted by Gasteiger charge is -2.18. The Bertz CT molecular complexity index is 629. The van der Waals surface area contributed by atoms with E-state index in [0.29, 0.717) is 11.5 Å². The molecule has 0 bridgehead atoms. The Hall–Kier alpha value is -2.69.